The van der Waals surface area contributed by atoms with Crippen LogP contribution in [-0.4, -0.2) is 12.1 Å². The molecule has 1 aromatic heterocycles. The summed E-state index contributed by atoms with van der Waals surface area (Å²) in [5.41, 5.74) is 3.25. The van der Waals surface area contributed by atoms with E-state index in [2.05, 4.69) is 30.1 Å². The highest BCUT2D eigenvalue weighted by Gasteiger charge is 2.02. The fourth-order valence-corrected chi connectivity index (χ4v) is 1.82. The molecule has 1 heterocycles. The van der Waals surface area contributed by atoms with Gasteiger partial charge in [0.2, 0.25) is 0 Å². The normalized spacial score (nSPS) is 10.2. The number of aromatic nitrogens is 1. The monoisotopic (exact) mass is 227 g/mol. The van der Waals surface area contributed by atoms with E-state index < -0.39 is 0 Å². The zero-order valence-corrected chi connectivity index (χ0v) is 10.3. The van der Waals surface area contributed by atoms with Crippen molar-refractivity contribution >= 4 is 0 Å². The summed E-state index contributed by atoms with van der Waals surface area (Å²) in [6, 6.07) is 14.2. The van der Waals surface area contributed by atoms with Crippen molar-refractivity contribution in [3.63, 3.8) is 0 Å². The number of pyridine rings is 1. The van der Waals surface area contributed by atoms with E-state index in [4.69, 9.17) is 4.74 Å². The Kier molecular flexibility index (Phi) is 3.76. The number of ether oxygens (including phenoxy) is 1. The van der Waals surface area contributed by atoms with Crippen LogP contribution in [0.4, 0.5) is 0 Å². The van der Waals surface area contributed by atoms with Crippen LogP contribution in [0.1, 0.15) is 19.0 Å². The summed E-state index contributed by atoms with van der Waals surface area (Å²) in [5, 5.41) is 0. The van der Waals surface area contributed by atoms with Crippen LogP contribution in [0.5, 0.6) is 5.75 Å². The number of hydrogen-bond donors (Lipinski definition) is 0. The molecular weight excluding hydrogens is 210 g/mol. The average molecular weight is 227 g/mol. The molecule has 2 heteroatoms. The zero-order valence-electron chi connectivity index (χ0n) is 10.3. The lowest BCUT2D eigenvalue weighted by Crippen LogP contribution is -1.91. The van der Waals surface area contributed by atoms with Crippen LogP contribution in [0, 0.1) is 0 Å². The second kappa shape index (κ2) is 5.48. The summed E-state index contributed by atoms with van der Waals surface area (Å²) in [6.45, 7) is 2.17. The minimum Gasteiger partial charge on any atom is -0.497 e. The molecule has 1 aromatic carbocycles. The van der Waals surface area contributed by atoms with Gasteiger partial charge in [0.1, 0.15) is 5.75 Å². The molecule has 0 radical (unpaired) electrons. The molecule has 0 saturated heterocycles. The third kappa shape index (κ3) is 2.84. The predicted molar refractivity (Wildman–Crippen MR) is 70.2 cm³/mol. The molecule has 0 bridgehead atoms. The molecule has 0 unspecified atom stereocenters. The molecule has 0 aliphatic carbocycles. The van der Waals surface area contributed by atoms with Gasteiger partial charge in [0.25, 0.3) is 0 Å². The molecular formula is C15H17NO. The van der Waals surface area contributed by atoms with Crippen LogP contribution in [-0.2, 0) is 6.42 Å². The molecule has 0 saturated carbocycles. The number of hydrogen-bond acceptors (Lipinski definition) is 2. The summed E-state index contributed by atoms with van der Waals surface area (Å²) in [7, 11) is 1.68. The van der Waals surface area contributed by atoms with Crippen LogP contribution < -0.4 is 4.74 Å². The lowest BCUT2D eigenvalue weighted by molar-refractivity contribution is 0.415. The van der Waals surface area contributed by atoms with Crippen molar-refractivity contribution in [2.75, 3.05) is 7.11 Å². The SMILES string of the molecule is CCCc1cccc(-c2cccc(OC)c2)n1. The second-order valence-electron chi connectivity index (χ2n) is 4.00. The molecule has 2 rings (SSSR count). The van der Waals surface area contributed by atoms with Gasteiger partial charge in [-0.05, 0) is 30.7 Å². The molecule has 0 atom stereocenters. The van der Waals surface area contributed by atoms with Crippen molar-refractivity contribution < 1.29 is 4.74 Å². The third-order valence-corrected chi connectivity index (χ3v) is 2.68. The highest BCUT2D eigenvalue weighted by molar-refractivity contribution is 5.61. The van der Waals surface area contributed by atoms with Gasteiger partial charge in [-0.25, -0.2) is 0 Å². The number of aryl methyl sites for hydroxylation is 1. The van der Waals surface area contributed by atoms with E-state index >= 15 is 0 Å². The topological polar surface area (TPSA) is 22.1 Å². The standard InChI is InChI=1S/C15H17NO/c1-3-6-13-8-5-10-15(16-13)12-7-4-9-14(11-12)17-2/h4-5,7-11H,3,6H2,1-2H3. The maximum Gasteiger partial charge on any atom is 0.119 e. The van der Waals surface area contributed by atoms with Gasteiger partial charge in [-0.2, -0.15) is 0 Å². The Balaban J connectivity index is 2.34. The van der Waals surface area contributed by atoms with Crippen LogP contribution in [0.2, 0.25) is 0 Å². The fourth-order valence-electron chi connectivity index (χ4n) is 1.82. The molecule has 0 fully saturated rings. The van der Waals surface area contributed by atoms with Gasteiger partial charge >= 0.3 is 0 Å². The highest BCUT2D eigenvalue weighted by atomic mass is 16.5. The lowest BCUT2D eigenvalue weighted by atomic mass is 10.1. The minimum absolute atomic E-state index is 0.866. The van der Waals surface area contributed by atoms with Crippen LogP contribution in [0.15, 0.2) is 42.5 Å². The largest absolute Gasteiger partial charge is 0.497 e. The molecule has 0 aliphatic rings. The summed E-state index contributed by atoms with van der Waals surface area (Å²) in [6.07, 6.45) is 2.15. The van der Waals surface area contributed by atoms with E-state index in [1.165, 1.54) is 0 Å². The van der Waals surface area contributed by atoms with E-state index in [1.54, 1.807) is 7.11 Å². The van der Waals surface area contributed by atoms with Gasteiger partial charge in [0.15, 0.2) is 0 Å². The quantitative estimate of drug-likeness (QED) is 0.794. The Hall–Kier alpha value is -1.83. The van der Waals surface area contributed by atoms with Crippen molar-refractivity contribution in [3.8, 4) is 17.0 Å². The van der Waals surface area contributed by atoms with Gasteiger partial charge in [0.05, 0.1) is 12.8 Å². The van der Waals surface area contributed by atoms with E-state index in [9.17, 15) is 0 Å². The summed E-state index contributed by atoms with van der Waals surface area (Å²) in [5.74, 6) is 0.866. The predicted octanol–water partition coefficient (Wildman–Crippen LogP) is 3.71. The third-order valence-electron chi connectivity index (χ3n) is 2.68. The average Bonchev–Trinajstić information content (AvgIpc) is 2.40. The summed E-state index contributed by atoms with van der Waals surface area (Å²) in [4.78, 5) is 4.65. The first-order valence-electron chi connectivity index (χ1n) is 5.94. The Morgan fingerprint density at radius 3 is 2.71 bits per heavy atom. The maximum atomic E-state index is 5.23. The molecule has 0 spiro atoms. The molecule has 0 amide bonds. The Morgan fingerprint density at radius 1 is 1.12 bits per heavy atom. The smallest absolute Gasteiger partial charge is 0.119 e. The number of rotatable bonds is 4. The number of nitrogens with zero attached hydrogens (tertiary/aromatic N) is 1. The van der Waals surface area contributed by atoms with Crippen molar-refractivity contribution in [3.05, 3.63) is 48.2 Å². The van der Waals surface area contributed by atoms with Crippen molar-refractivity contribution in [1.29, 1.82) is 0 Å². The second-order valence-corrected chi connectivity index (χ2v) is 4.00. The Labute approximate surface area is 102 Å². The minimum atomic E-state index is 0.866. The number of benzene rings is 1. The first-order chi connectivity index (χ1) is 8.33. The van der Waals surface area contributed by atoms with Crippen LogP contribution in [0.25, 0.3) is 11.3 Å². The lowest BCUT2D eigenvalue weighted by Gasteiger charge is -2.05. The van der Waals surface area contributed by atoms with Gasteiger partial charge < -0.3 is 4.74 Å². The van der Waals surface area contributed by atoms with Crippen molar-refractivity contribution in [2.24, 2.45) is 0 Å². The zero-order chi connectivity index (χ0) is 12.1. The van der Waals surface area contributed by atoms with E-state index in [1.807, 2.05) is 24.3 Å². The maximum absolute atomic E-state index is 5.23. The van der Waals surface area contributed by atoms with Gasteiger partial charge in [-0.3, -0.25) is 4.98 Å². The first kappa shape index (κ1) is 11.6. The molecule has 0 N–H and O–H groups in total. The number of methoxy groups -OCH3 is 1. The summed E-state index contributed by atoms with van der Waals surface area (Å²) >= 11 is 0. The van der Waals surface area contributed by atoms with Crippen molar-refractivity contribution in [2.45, 2.75) is 19.8 Å². The molecule has 2 aromatic rings. The Bertz CT molecular complexity index is 494. The van der Waals surface area contributed by atoms with Crippen molar-refractivity contribution in [1.82, 2.24) is 4.98 Å². The highest BCUT2D eigenvalue weighted by Crippen LogP contribution is 2.22. The first-order valence-corrected chi connectivity index (χ1v) is 5.94. The van der Waals surface area contributed by atoms with Crippen LogP contribution in [0.3, 0.4) is 0 Å². The van der Waals surface area contributed by atoms with Gasteiger partial charge in [-0.15, -0.1) is 0 Å². The molecule has 2 nitrogen and oxygen atoms in total. The van der Waals surface area contributed by atoms with E-state index in [-0.39, 0.29) is 0 Å². The fraction of sp³-hybridized carbons (Fsp3) is 0.267. The van der Waals surface area contributed by atoms with Crippen LogP contribution >= 0.6 is 0 Å². The van der Waals surface area contributed by atoms with Gasteiger partial charge in [0, 0.05) is 11.3 Å². The van der Waals surface area contributed by atoms with E-state index in [0.29, 0.717) is 0 Å². The Morgan fingerprint density at radius 2 is 1.94 bits per heavy atom. The molecule has 88 valence electrons. The summed E-state index contributed by atoms with van der Waals surface area (Å²) < 4.78 is 5.23. The molecule has 17 heavy (non-hydrogen) atoms. The molecule has 0 aliphatic heterocycles. The van der Waals surface area contributed by atoms with Gasteiger partial charge in [-0.1, -0.05) is 31.5 Å². The van der Waals surface area contributed by atoms with E-state index in [0.717, 1.165) is 35.5 Å².